The average molecular weight is 262 g/mol. The molecule has 0 aliphatic rings. The van der Waals surface area contributed by atoms with E-state index in [9.17, 15) is 9.59 Å². The van der Waals surface area contributed by atoms with Crippen LogP contribution in [0.25, 0.3) is 0 Å². The number of anilines is 1. The largest absolute Gasteiger partial charge is 0.356 e. The molecule has 0 bridgehead atoms. The van der Waals surface area contributed by atoms with Gasteiger partial charge in [-0.05, 0) is 37.0 Å². The first-order chi connectivity index (χ1) is 8.97. The van der Waals surface area contributed by atoms with Gasteiger partial charge >= 0.3 is 0 Å². The molecule has 1 aromatic rings. The summed E-state index contributed by atoms with van der Waals surface area (Å²) in [6, 6.07) is 7.50. The maximum absolute atomic E-state index is 11.7. The highest BCUT2D eigenvalue weighted by Crippen LogP contribution is 2.09. The maximum Gasteiger partial charge on any atom is 0.233 e. The lowest BCUT2D eigenvalue weighted by Gasteiger charge is -2.08. The summed E-state index contributed by atoms with van der Waals surface area (Å²) in [5.41, 5.74) is 1.79. The first-order valence-corrected chi connectivity index (χ1v) is 6.60. The summed E-state index contributed by atoms with van der Waals surface area (Å²) in [4.78, 5) is 23.2. The number of carbonyl (C=O) groups excluding carboxylic acids is 2. The van der Waals surface area contributed by atoms with Gasteiger partial charge < -0.3 is 10.6 Å². The van der Waals surface area contributed by atoms with Gasteiger partial charge in [-0.1, -0.05) is 26.0 Å². The highest BCUT2D eigenvalue weighted by Gasteiger charge is 2.09. The van der Waals surface area contributed by atoms with Crippen LogP contribution in [0.2, 0.25) is 0 Å². The van der Waals surface area contributed by atoms with E-state index in [0.29, 0.717) is 12.5 Å². The van der Waals surface area contributed by atoms with Gasteiger partial charge in [-0.25, -0.2) is 0 Å². The van der Waals surface area contributed by atoms with Crippen LogP contribution in [0.4, 0.5) is 5.69 Å². The van der Waals surface area contributed by atoms with Gasteiger partial charge in [0.05, 0.1) is 0 Å². The molecule has 0 atom stereocenters. The SMILES string of the molecule is Cc1cccc(NC(=O)CC(=O)NCCC(C)C)c1. The Kier molecular flexibility index (Phi) is 6.06. The van der Waals surface area contributed by atoms with Crippen LogP contribution < -0.4 is 10.6 Å². The molecule has 0 aliphatic heterocycles. The minimum absolute atomic E-state index is 0.133. The summed E-state index contributed by atoms with van der Waals surface area (Å²) in [5, 5.41) is 5.46. The molecule has 1 rings (SSSR count). The molecular weight excluding hydrogens is 240 g/mol. The van der Waals surface area contributed by atoms with Crippen molar-refractivity contribution in [3.63, 3.8) is 0 Å². The third-order valence-corrected chi connectivity index (χ3v) is 2.67. The number of hydrogen-bond donors (Lipinski definition) is 2. The Morgan fingerprint density at radius 2 is 1.95 bits per heavy atom. The molecule has 104 valence electrons. The smallest absolute Gasteiger partial charge is 0.233 e. The summed E-state index contributed by atoms with van der Waals surface area (Å²) in [6.45, 7) is 6.76. The van der Waals surface area contributed by atoms with Crippen molar-refractivity contribution in [3.8, 4) is 0 Å². The molecule has 0 saturated heterocycles. The van der Waals surface area contributed by atoms with Crippen LogP contribution in [0.15, 0.2) is 24.3 Å². The van der Waals surface area contributed by atoms with Crippen LogP contribution in [-0.4, -0.2) is 18.4 Å². The third kappa shape index (κ3) is 6.60. The van der Waals surface area contributed by atoms with Crippen LogP contribution >= 0.6 is 0 Å². The van der Waals surface area contributed by atoms with Crippen LogP contribution in [-0.2, 0) is 9.59 Å². The molecule has 1 aromatic carbocycles. The summed E-state index contributed by atoms with van der Waals surface area (Å²) < 4.78 is 0. The molecule has 0 aromatic heterocycles. The first-order valence-electron chi connectivity index (χ1n) is 6.60. The standard InChI is InChI=1S/C15H22N2O2/c1-11(2)7-8-16-14(18)10-15(19)17-13-6-4-5-12(3)9-13/h4-6,9,11H,7-8,10H2,1-3H3,(H,16,18)(H,17,19). The van der Waals surface area contributed by atoms with Crippen LogP contribution in [0.5, 0.6) is 0 Å². The molecular formula is C15H22N2O2. The fraction of sp³-hybridized carbons (Fsp3) is 0.467. The van der Waals surface area contributed by atoms with Gasteiger partial charge in [0.15, 0.2) is 0 Å². The van der Waals surface area contributed by atoms with E-state index in [-0.39, 0.29) is 18.2 Å². The van der Waals surface area contributed by atoms with Crippen molar-refractivity contribution < 1.29 is 9.59 Å². The molecule has 2 amide bonds. The number of carbonyl (C=O) groups is 2. The molecule has 0 aliphatic carbocycles. The molecule has 0 heterocycles. The normalized spacial score (nSPS) is 10.3. The zero-order chi connectivity index (χ0) is 14.3. The molecule has 0 unspecified atom stereocenters. The second-order valence-corrected chi connectivity index (χ2v) is 5.13. The summed E-state index contributed by atoms with van der Waals surface area (Å²) in [7, 11) is 0. The monoisotopic (exact) mass is 262 g/mol. The van der Waals surface area contributed by atoms with Gasteiger partial charge in [0, 0.05) is 12.2 Å². The van der Waals surface area contributed by atoms with Crippen molar-refractivity contribution in [2.24, 2.45) is 5.92 Å². The van der Waals surface area contributed by atoms with E-state index >= 15 is 0 Å². The zero-order valence-corrected chi connectivity index (χ0v) is 11.8. The van der Waals surface area contributed by atoms with E-state index in [1.54, 1.807) is 0 Å². The Morgan fingerprint density at radius 3 is 2.58 bits per heavy atom. The number of amides is 2. The van der Waals surface area contributed by atoms with Gasteiger partial charge in [0.1, 0.15) is 6.42 Å². The third-order valence-electron chi connectivity index (χ3n) is 2.67. The lowest BCUT2D eigenvalue weighted by Crippen LogP contribution is -2.29. The van der Waals surface area contributed by atoms with Crippen molar-refractivity contribution in [1.82, 2.24) is 5.32 Å². The van der Waals surface area contributed by atoms with Crippen LogP contribution in [0.3, 0.4) is 0 Å². The average Bonchev–Trinajstić information content (AvgIpc) is 2.27. The number of nitrogens with one attached hydrogen (secondary N) is 2. The fourth-order valence-electron chi connectivity index (χ4n) is 1.64. The van der Waals surface area contributed by atoms with Crippen molar-refractivity contribution in [2.75, 3.05) is 11.9 Å². The minimum atomic E-state index is -0.285. The molecule has 19 heavy (non-hydrogen) atoms. The number of aryl methyl sites for hydroxylation is 1. The predicted octanol–water partition coefficient (Wildman–Crippen LogP) is 2.49. The summed E-state index contributed by atoms with van der Waals surface area (Å²) >= 11 is 0. The predicted molar refractivity (Wildman–Crippen MR) is 76.9 cm³/mol. The van der Waals surface area contributed by atoms with Crippen molar-refractivity contribution in [2.45, 2.75) is 33.6 Å². The van der Waals surface area contributed by atoms with E-state index in [2.05, 4.69) is 24.5 Å². The second kappa shape index (κ2) is 7.56. The van der Waals surface area contributed by atoms with Gasteiger partial charge in [0.2, 0.25) is 11.8 Å². The Morgan fingerprint density at radius 1 is 1.21 bits per heavy atom. The van der Waals surface area contributed by atoms with Crippen LogP contribution in [0, 0.1) is 12.8 Å². The highest BCUT2D eigenvalue weighted by atomic mass is 16.2. The van der Waals surface area contributed by atoms with E-state index in [4.69, 9.17) is 0 Å². The van der Waals surface area contributed by atoms with Crippen molar-refractivity contribution in [3.05, 3.63) is 29.8 Å². The highest BCUT2D eigenvalue weighted by molar-refractivity contribution is 6.03. The quantitative estimate of drug-likeness (QED) is 0.774. The van der Waals surface area contributed by atoms with Gasteiger partial charge in [-0.15, -0.1) is 0 Å². The fourth-order valence-corrected chi connectivity index (χ4v) is 1.64. The minimum Gasteiger partial charge on any atom is -0.356 e. The summed E-state index contributed by atoms with van der Waals surface area (Å²) in [5.74, 6) is 0.0277. The van der Waals surface area contributed by atoms with E-state index in [1.807, 2.05) is 31.2 Å². The lowest BCUT2D eigenvalue weighted by atomic mass is 10.1. The van der Waals surface area contributed by atoms with Gasteiger partial charge in [0.25, 0.3) is 0 Å². The maximum atomic E-state index is 11.7. The number of rotatable bonds is 6. The lowest BCUT2D eigenvalue weighted by molar-refractivity contribution is -0.126. The molecule has 4 heteroatoms. The number of hydrogen-bond acceptors (Lipinski definition) is 2. The van der Waals surface area contributed by atoms with E-state index in [0.717, 1.165) is 17.7 Å². The molecule has 0 spiro atoms. The Bertz CT molecular complexity index is 442. The van der Waals surface area contributed by atoms with Gasteiger partial charge in [-0.3, -0.25) is 9.59 Å². The van der Waals surface area contributed by atoms with Crippen LogP contribution in [0.1, 0.15) is 32.3 Å². The molecule has 0 saturated carbocycles. The zero-order valence-electron chi connectivity index (χ0n) is 11.8. The Labute approximate surface area is 114 Å². The van der Waals surface area contributed by atoms with E-state index in [1.165, 1.54) is 0 Å². The second-order valence-electron chi connectivity index (χ2n) is 5.13. The molecule has 0 radical (unpaired) electrons. The van der Waals surface area contributed by atoms with Crippen molar-refractivity contribution >= 4 is 17.5 Å². The molecule has 2 N–H and O–H groups in total. The van der Waals surface area contributed by atoms with Gasteiger partial charge in [-0.2, -0.15) is 0 Å². The topological polar surface area (TPSA) is 58.2 Å². The van der Waals surface area contributed by atoms with E-state index < -0.39 is 0 Å². The molecule has 0 fully saturated rings. The molecule has 4 nitrogen and oxygen atoms in total. The first kappa shape index (κ1) is 15.2. The Balaban J connectivity index is 2.33. The Hall–Kier alpha value is -1.84. The van der Waals surface area contributed by atoms with Crippen molar-refractivity contribution in [1.29, 1.82) is 0 Å². The number of benzene rings is 1. The summed E-state index contributed by atoms with van der Waals surface area (Å²) in [6.07, 6.45) is 0.789.